The summed E-state index contributed by atoms with van der Waals surface area (Å²) in [5.74, 6) is -1.10. The van der Waals surface area contributed by atoms with E-state index in [-0.39, 0.29) is 12.5 Å². The molecular formula is C11H20N2O3. The molecule has 0 radical (unpaired) electrons. The van der Waals surface area contributed by atoms with Gasteiger partial charge in [0, 0.05) is 19.1 Å². The minimum Gasteiger partial charge on any atom is -0.480 e. The summed E-state index contributed by atoms with van der Waals surface area (Å²) >= 11 is 0. The van der Waals surface area contributed by atoms with Gasteiger partial charge in [-0.3, -0.25) is 14.5 Å². The molecule has 1 saturated heterocycles. The van der Waals surface area contributed by atoms with Gasteiger partial charge in [0.25, 0.3) is 0 Å². The first-order valence-electron chi connectivity index (χ1n) is 5.63. The van der Waals surface area contributed by atoms with Crippen molar-refractivity contribution in [2.24, 2.45) is 0 Å². The SMILES string of the molecule is CC1CCC(C)N1CC(=O)N(C)CC(=O)O. The summed E-state index contributed by atoms with van der Waals surface area (Å²) in [6, 6.07) is 0.828. The Labute approximate surface area is 96.0 Å². The number of aliphatic carboxylic acids is 1. The van der Waals surface area contributed by atoms with Gasteiger partial charge in [-0.1, -0.05) is 0 Å². The summed E-state index contributed by atoms with van der Waals surface area (Å²) in [6.07, 6.45) is 2.22. The number of carboxylic acids is 1. The van der Waals surface area contributed by atoms with Crippen molar-refractivity contribution in [2.45, 2.75) is 38.8 Å². The summed E-state index contributed by atoms with van der Waals surface area (Å²) in [6.45, 7) is 4.31. The smallest absolute Gasteiger partial charge is 0.323 e. The molecule has 5 heteroatoms. The van der Waals surface area contributed by atoms with Gasteiger partial charge in [0.05, 0.1) is 6.54 Å². The lowest BCUT2D eigenvalue weighted by Crippen LogP contribution is -2.43. The number of hydrogen-bond acceptors (Lipinski definition) is 3. The van der Waals surface area contributed by atoms with Crippen LogP contribution in [0.2, 0.25) is 0 Å². The van der Waals surface area contributed by atoms with E-state index in [2.05, 4.69) is 18.7 Å². The summed E-state index contributed by atoms with van der Waals surface area (Å²) in [4.78, 5) is 25.6. The second-order valence-electron chi connectivity index (χ2n) is 4.59. The van der Waals surface area contributed by atoms with Crippen molar-refractivity contribution in [1.82, 2.24) is 9.80 Å². The third-order valence-corrected chi connectivity index (χ3v) is 3.25. The zero-order valence-corrected chi connectivity index (χ0v) is 10.1. The Balaban J connectivity index is 2.47. The number of rotatable bonds is 4. The molecule has 5 nitrogen and oxygen atoms in total. The van der Waals surface area contributed by atoms with Crippen molar-refractivity contribution in [2.75, 3.05) is 20.1 Å². The van der Waals surface area contributed by atoms with Crippen molar-refractivity contribution in [3.05, 3.63) is 0 Å². The summed E-state index contributed by atoms with van der Waals surface area (Å²) in [5.41, 5.74) is 0. The highest BCUT2D eigenvalue weighted by Gasteiger charge is 2.29. The lowest BCUT2D eigenvalue weighted by atomic mass is 10.2. The Morgan fingerprint density at radius 3 is 2.25 bits per heavy atom. The minimum absolute atomic E-state index is 0.122. The maximum atomic E-state index is 11.7. The summed E-state index contributed by atoms with van der Waals surface area (Å²) in [7, 11) is 1.53. The van der Waals surface area contributed by atoms with Crippen LogP contribution in [0.5, 0.6) is 0 Å². The van der Waals surface area contributed by atoms with Crippen LogP contribution in [0, 0.1) is 0 Å². The molecule has 1 fully saturated rings. The monoisotopic (exact) mass is 228 g/mol. The normalized spacial score (nSPS) is 25.7. The van der Waals surface area contributed by atoms with Crippen LogP contribution in [0.4, 0.5) is 0 Å². The Bertz CT molecular complexity index is 270. The molecule has 16 heavy (non-hydrogen) atoms. The van der Waals surface area contributed by atoms with Crippen LogP contribution in [0.15, 0.2) is 0 Å². The minimum atomic E-state index is -0.974. The van der Waals surface area contributed by atoms with Gasteiger partial charge in [0.15, 0.2) is 0 Å². The lowest BCUT2D eigenvalue weighted by molar-refractivity contribution is -0.144. The summed E-state index contributed by atoms with van der Waals surface area (Å²) < 4.78 is 0. The third kappa shape index (κ3) is 3.20. The molecule has 0 aromatic carbocycles. The molecule has 0 aliphatic carbocycles. The van der Waals surface area contributed by atoms with E-state index < -0.39 is 5.97 Å². The van der Waals surface area contributed by atoms with Crippen LogP contribution in [-0.4, -0.2) is 59.0 Å². The zero-order chi connectivity index (χ0) is 12.3. The van der Waals surface area contributed by atoms with E-state index in [9.17, 15) is 9.59 Å². The number of hydrogen-bond donors (Lipinski definition) is 1. The van der Waals surface area contributed by atoms with Gasteiger partial charge < -0.3 is 10.0 Å². The Morgan fingerprint density at radius 2 is 1.81 bits per heavy atom. The van der Waals surface area contributed by atoms with Gasteiger partial charge in [-0.25, -0.2) is 0 Å². The van der Waals surface area contributed by atoms with Crippen LogP contribution < -0.4 is 0 Å². The molecule has 1 aliphatic heterocycles. The molecule has 1 heterocycles. The maximum Gasteiger partial charge on any atom is 0.323 e. The maximum absolute atomic E-state index is 11.7. The first kappa shape index (κ1) is 13.0. The van der Waals surface area contributed by atoms with Gasteiger partial charge >= 0.3 is 5.97 Å². The highest BCUT2D eigenvalue weighted by molar-refractivity contribution is 5.82. The fourth-order valence-corrected chi connectivity index (χ4v) is 2.13. The van der Waals surface area contributed by atoms with Crippen molar-refractivity contribution >= 4 is 11.9 Å². The van der Waals surface area contributed by atoms with Gasteiger partial charge in [-0.2, -0.15) is 0 Å². The van der Waals surface area contributed by atoms with Gasteiger partial charge in [0.2, 0.25) is 5.91 Å². The average Bonchev–Trinajstić information content (AvgIpc) is 2.48. The molecular weight excluding hydrogens is 208 g/mol. The van der Waals surface area contributed by atoms with E-state index in [4.69, 9.17) is 5.11 Å². The van der Waals surface area contributed by atoms with Gasteiger partial charge in [-0.15, -0.1) is 0 Å². The number of amides is 1. The molecule has 1 N–H and O–H groups in total. The predicted octanol–water partition coefficient (Wildman–Crippen LogP) is 0.402. The molecule has 2 atom stereocenters. The zero-order valence-electron chi connectivity index (χ0n) is 10.1. The van der Waals surface area contributed by atoms with Crippen LogP contribution in [0.1, 0.15) is 26.7 Å². The van der Waals surface area contributed by atoms with Crippen molar-refractivity contribution < 1.29 is 14.7 Å². The Morgan fingerprint density at radius 1 is 1.31 bits per heavy atom. The molecule has 1 aliphatic rings. The molecule has 1 rings (SSSR count). The van der Waals surface area contributed by atoms with Crippen LogP contribution in [0.25, 0.3) is 0 Å². The van der Waals surface area contributed by atoms with Crippen molar-refractivity contribution in [3.8, 4) is 0 Å². The number of nitrogens with zero attached hydrogens (tertiary/aromatic N) is 2. The largest absolute Gasteiger partial charge is 0.480 e. The second-order valence-corrected chi connectivity index (χ2v) is 4.59. The molecule has 0 aromatic rings. The van der Waals surface area contributed by atoms with Crippen molar-refractivity contribution in [3.63, 3.8) is 0 Å². The van der Waals surface area contributed by atoms with E-state index in [1.165, 1.54) is 11.9 Å². The van der Waals surface area contributed by atoms with E-state index >= 15 is 0 Å². The average molecular weight is 228 g/mol. The number of carbonyl (C=O) groups excluding carboxylic acids is 1. The molecule has 2 unspecified atom stereocenters. The Hall–Kier alpha value is -1.10. The molecule has 0 aromatic heterocycles. The number of likely N-dealkylation sites (N-methyl/N-ethyl adjacent to an activating group) is 1. The van der Waals surface area contributed by atoms with E-state index in [0.29, 0.717) is 18.6 Å². The van der Waals surface area contributed by atoms with E-state index in [1.54, 1.807) is 0 Å². The fraction of sp³-hybridized carbons (Fsp3) is 0.818. The van der Waals surface area contributed by atoms with Crippen LogP contribution in [-0.2, 0) is 9.59 Å². The molecule has 1 amide bonds. The topological polar surface area (TPSA) is 60.9 Å². The molecule has 92 valence electrons. The number of likely N-dealkylation sites (tertiary alicyclic amines) is 1. The predicted molar refractivity (Wildman–Crippen MR) is 60.1 cm³/mol. The van der Waals surface area contributed by atoms with Gasteiger partial charge in [0.1, 0.15) is 6.54 Å². The quantitative estimate of drug-likeness (QED) is 0.756. The standard InChI is InChI=1S/C11H20N2O3/c1-8-4-5-9(2)13(8)6-10(14)12(3)7-11(15)16/h8-9H,4-7H2,1-3H3,(H,15,16). The first-order chi connectivity index (χ1) is 7.41. The first-order valence-corrected chi connectivity index (χ1v) is 5.63. The summed E-state index contributed by atoms with van der Waals surface area (Å²) in [5, 5.41) is 8.59. The lowest BCUT2D eigenvalue weighted by Gasteiger charge is -2.27. The van der Waals surface area contributed by atoms with E-state index in [1.807, 2.05) is 0 Å². The molecule has 0 saturated carbocycles. The van der Waals surface area contributed by atoms with Crippen LogP contribution >= 0.6 is 0 Å². The molecule has 0 spiro atoms. The highest BCUT2D eigenvalue weighted by atomic mass is 16.4. The molecule has 0 bridgehead atoms. The number of carboxylic acid groups (broad SMARTS) is 1. The second kappa shape index (κ2) is 5.30. The third-order valence-electron chi connectivity index (χ3n) is 3.25. The highest BCUT2D eigenvalue weighted by Crippen LogP contribution is 2.22. The Kier molecular flexibility index (Phi) is 4.29. The van der Waals surface area contributed by atoms with Crippen molar-refractivity contribution in [1.29, 1.82) is 0 Å². The fourth-order valence-electron chi connectivity index (χ4n) is 2.13. The van der Waals surface area contributed by atoms with E-state index in [0.717, 1.165) is 12.8 Å². The van der Waals surface area contributed by atoms with Crippen LogP contribution in [0.3, 0.4) is 0 Å². The number of carbonyl (C=O) groups is 2. The van der Waals surface area contributed by atoms with Gasteiger partial charge in [-0.05, 0) is 26.7 Å².